The van der Waals surface area contributed by atoms with E-state index >= 15 is 0 Å². The average molecular weight is 276 g/mol. The van der Waals surface area contributed by atoms with Crippen molar-refractivity contribution in [1.82, 2.24) is 0 Å². The fraction of sp³-hybridized carbons (Fsp3) is 0.250. The third-order valence-corrected chi connectivity index (χ3v) is 4.03. The van der Waals surface area contributed by atoms with Crippen LogP contribution in [0.4, 0.5) is 4.39 Å². The second-order valence-electron chi connectivity index (χ2n) is 4.57. The molecule has 0 saturated carbocycles. The van der Waals surface area contributed by atoms with E-state index < -0.39 is 6.10 Å². The molecule has 19 heavy (non-hydrogen) atoms. The molecular formula is C16H17FOS. The molecule has 100 valence electrons. The number of benzene rings is 2. The highest BCUT2D eigenvalue weighted by atomic mass is 32.2. The van der Waals surface area contributed by atoms with Crippen molar-refractivity contribution in [3.05, 3.63) is 65.5 Å². The molecule has 1 atom stereocenters. The summed E-state index contributed by atoms with van der Waals surface area (Å²) in [5.74, 6) is 0.319. The quantitative estimate of drug-likeness (QED) is 0.838. The zero-order chi connectivity index (χ0) is 13.7. The normalized spacial score (nSPS) is 12.4. The standard InChI is InChI=1S/C16H17FOS/c1-12-6-8-15(9-7-12)19-11-14(18)10-13-4-2-3-5-16(13)17/h2-9,14,18H,10-11H2,1H3. The first-order valence-corrected chi connectivity index (χ1v) is 7.24. The van der Waals surface area contributed by atoms with Crippen LogP contribution in [0, 0.1) is 12.7 Å². The van der Waals surface area contributed by atoms with Crippen LogP contribution in [0.1, 0.15) is 11.1 Å². The van der Waals surface area contributed by atoms with Crippen molar-refractivity contribution in [2.45, 2.75) is 24.3 Å². The molecule has 3 heteroatoms. The summed E-state index contributed by atoms with van der Waals surface area (Å²) in [6, 6.07) is 14.8. The molecule has 0 fully saturated rings. The van der Waals surface area contributed by atoms with E-state index in [1.807, 2.05) is 31.2 Å². The molecule has 0 bridgehead atoms. The molecule has 2 aromatic rings. The van der Waals surface area contributed by atoms with E-state index in [1.54, 1.807) is 30.0 Å². The smallest absolute Gasteiger partial charge is 0.126 e. The summed E-state index contributed by atoms with van der Waals surface area (Å²) < 4.78 is 13.4. The molecule has 0 aliphatic rings. The lowest BCUT2D eigenvalue weighted by atomic mass is 10.1. The number of hydrogen-bond donors (Lipinski definition) is 1. The Morgan fingerprint density at radius 1 is 1.11 bits per heavy atom. The topological polar surface area (TPSA) is 20.2 Å². The van der Waals surface area contributed by atoms with Gasteiger partial charge in [0, 0.05) is 17.1 Å². The molecular weight excluding hydrogens is 259 g/mol. The van der Waals surface area contributed by atoms with Crippen LogP contribution < -0.4 is 0 Å². The number of halogens is 1. The van der Waals surface area contributed by atoms with Gasteiger partial charge in [0.2, 0.25) is 0 Å². The first kappa shape index (κ1) is 14.1. The monoisotopic (exact) mass is 276 g/mol. The van der Waals surface area contributed by atoms with Gasteiger partial charge in [0.25, 0.3) is 0 Å². The third-order valence-electron chi connectivity index (χ3n) is 2.88. The lowest BCUT2D eigenvalue weighted by molar-refractivity contribution is 0.198. The summed E-state index contributed by atoms with van der Waals surface area (Å²) in [4.78, 5) is 1.12. The zero-order valence-electron chi connectivity index (χ0n) is 10.8. The van der Waals surface area contributed by atoms with Gasteiger partial charge in [-0.1, -0.05) is 35.9 Å². The maximum atomic E-state index is 13.4. The first-order chi connectivity index (χ1) is 9.15. The minimum Gasteiger partial charge on any atom is -0.392 e. The van der Waals surface area contributed by atoms with Crippen molar-refractivity contribution < 1.29 is 9.50 Å². The van der Waals surface area contributed by atoms with E-state index in [4.69, 9.17) is 0 Å². The number of aliphatic hydroxyl groups excluding tert-OH is 1. The second-order valence-corrected chi connectivity index (χ2v) is 5.67. The van der Waals surface area contributed by atoms with E-state index in [-0.39, 0.29) is 5.82 Å². The second kappa shape index (κ2) is 6.73. The summed E-state index contributed by atoms with van der Waals surface area (Å²) in [6.45, 7) is 2.04. The fourth-order valence-electron chi connectivity index (χ4n) is 1.80. The fourth-order valence-corrected chi connectivity index (χ4v) is 2.63. The van der Waals surface area contributed by atoms with Crippen LogP contribution in [0.2, 0.25) is 0 Å². The molecule has 1 nitrogen and oxygen atoms in total. The molecule has 0 aliphatic carbocycles. The van der Waals surface area contributed by atoms with Crippen molar-refractivity contribution in [1.29, 1.82) is 0 Å². The molecule has 0 radical (unpaired) electrons. The lowest BCUT2D eigenvalue weighted by Crippen LogP contribution is -2.14. The van der Waals surface area contributed by atoms with Crippen molar-refractivity contribution in [2.75, 3.05) is 5.75 Å². The van der Waals surface area contributed by atoms with E-state index in [0.717, 1.165) is 4.90 Å². The predicted octanol–water partition coefficient (Wildman–Crippen LogP) is 3.83. The molecule has 0 amide bonds. The Kier molecular flexibility index (Phi) is 5.00. The average Bonchev–Trinajstić information content (AvgIpc) is 2.41. The van der Waals surface area contributed by atoms with Gasteiger partial charge in [-0.25, -0.2) is 4.39 Å². The van der Waals surface area contributed by atoms with Crippen molar-refractivity contribution in [3.8, 4) is 0 Å². The number of aliphatic hydroxyl groups is 1. The van der Waals surface area contributed by atoms with Gasteiger partial charge in [0.1, 0.15) is 5.82 Å². The molecule has 0 aromatic heterocycles. The van der Waals surface area contributed by atoms with Crippen LogP contribution in [-0.2, 0) is 6.42 Å². The Hall–Kier alpha value is -1.32. The highest BCUT2D eigenvalue weighted by Crippen LogP contribution is 2.20. The van der Waals surface area contributed by atoms with Crippen LogP contribution >= 0.6 is 11.8 Å². The van der Waals surface area contributed by atoms with Gasteiger partial charge in [-0.05, 0) is 30.7 Å². The number of aryl methyl sites for hydroxylation is 1. The molecule has 2 aromatic carbocycles. The Balaban J connectivity index is 1.86. The third kappa shape index (κ3) is 4.37. The van der Waals surface area contributed by atoms with E-state index in [0.29, 0.717) is 17.7 Å². The van der Waals surface area contributed by atoms with Gasteiger partial charge in [0.05, 0.1) is 6.10 Å². The van der Waals surface area contributed by atoms with Crippen LogP contribution in [0.5, 0.6) is 0 Å². The number of rotatable bonds is 5. The van der Waals surface area contributed by atoms with Gasteiger partial charge >= 0.3 is 0 Å². The molecule has 2 rings (SSSR count). The van der Waals surface area contributed by atoms with Gasteiger partial charge < -0.3 is 5.11 Å². The molecule has 0 heterocycles. The summed E-state index contributed by atoms with van der Waals surface area (Å²) >= 11 is 1.59. The summed E-state index contributed by atoms with van der Waals surface area (Å²) in [5, 5.41) is 9.96. The Morgan fingerprint density at radius 3 is 2.47 bits per heavy atom. The largest absolute Gasteiger partial charge is 0.392 e. The first-order valence-electron chi connectivity index (χ1n) is 6.26. The van der Waals surface area contributed by atoms with Crippen LogP contribution in [0.15, 0.2) is 53.4 Å². The van der Waals surface area contributed by atoms with Crippen molar-refractivity contribution in [3.63, 3.8) is 0 Å². The Labute approximate surface area is 117 Å². The van der Waals surface area contributed by atoms with Gasteiger partial charge in [-0.3, -0.25) is 0 Å². The van der Waals surface area contributed by atoms with Crippen LogP contribution in [-0.4, -0.2) is 17.0 Å². The summed E-state index contributed by atoms with van der Waals surface area (Å²) in [6.07, 6.45) is -0.186. The van der Waals surface area contributed by atoms with Gasteiger partial charge in [-0.2, -0.15) is 0 Å². The maximum absolute atomic E-state index is 13.4. The number of thioether (sulfide) groups is 1. The minimum atomic E-state index is -0.539. The molecule has 1 N–H and O–H groups in total. The lowest BCUT2D eigenvalue weighted by Gasteiger charge is -2.11. The van der Waals surface area contributed by atoms with E-state index in [1.165, 1.54) is 11.6 Å². The predicted molar refractivity (Wildman–Crippen MR) is 78.0 cm³/mol. The van der Waals surface area contributed by atoms with Crippen LogP contribution in [0.25, 0.3) is 0 Å². The summed E-state index contributed by atoms with van der Waals surface area (Å²) in [7, 11) is 0. The highest BCUT2D eigenvalue weighted by Gasteiger charge is 2.09. The minimum absolute atomic E-state index is 0.248. The summed E-state index contributed by atoms with van der Waals surface area (Å²) in [5.41, 5.74) is 1.79. The van der Waals surface area contributed by atoms with Gasteiger partial charge in [0.15, 0.2) is 0 Å². The van der Waals surface area contributed by atoms with Crippen molar-refractivity contribution in [2.24, 2.45) is 0 Å². The Bertz CT molecular complexity index is 525. The molecule has 0 saturated heterocycles. The molecule has 0 aliphatic heterocycles. The zero-order valence-corrected chi connectivity index (χ0v) is 11.7. The van der Waals surface area contributed by atoms with Crippen molar-refractivity contribution >= 4 is 11.8 Å². The Morgan fingerprint density at radius 2 is 1.79 bits per heavy atom. The maximum Gasteiger partial charge on any atom is 0.126 e. The van der Waals surface area contributed by atoms with E-state index in [9.17, 15) is 9.50 Å². The molecule has 0 spiro atoms. The SMILES string of the molecule is Cc1ccc(SCC(O)Cc2ccccc2F)cc1. The van der Waals surface area contributed by atoms with Crippen LogP contribution in [0.3, 0.4) is 0 Å². The number of hydrogen-bond acceptors (Lipinski definition) is 2. The highest BCUT2D eigenvalue weighted by molar-refractivity contribution is 7.99. The van der Waals surface area contributed by atoms with Gasteiger partial charge in [-0.15, -0.1) is 11.8 Å². The molecule has 1 unspecified atom stereocenters. The van der Waals surface area contributed by atoms with E-state index in [2.05, 4.69) is 0 Å².